The molecule has 6 heteroatoms. The molecule has 0 aromatic carbocycles. The van der Waals surface area contributed by atoms with Crippen LogP contribution in [0.15, 0.2) is 17.4 Å². The van der Waals surface area contributed by atoms with Crippen molar-refractivity contribution in [2.75, 3.05) is 26.7 Å². The van der Waals surface area contributed by atoms with Gasteiger partial charge in [0, 0.05) is 32.9 Å². The van der Waals surface area contributed by atoms with Crippen LogP contribution in [0.1, 0.15) is 32.8 Å². The number of nitrogens with zero attached hydrogens (tertiary/aromatic N) is 3. The molecule has 1 rings (SSSR count). The highest BCUT2D eigenvalue weighted by Gasteiger charge is 2.12. The lowest BCUT2D eigenvalue weighted by atomic mass is 10.0. The maximum Gasteiger partial charge on any atom is 0.191 e. The van der Waals surface area contributed by atoms with Crippen molar-refractivity contribution in [2.45, 2.75) is 46.8 Å². The van der Waals surface area contributed by atoms with E-state index in [2.05, 4.69) is 34.6 Å². The Labute approximate surface area is 134 Å². The zero-order valence-electron chi connectivity index (χ0n) is 14.6. The topological polar surface area (TPSA) is 63.5 Å². The molecule has 1 heterocycles. The lowest BCUT2D eigenvalue weighted by Gasteiger charge is -2.21. The fourth-order valence-corrected chi connectivity index (χ4v) is 2.25. The maximum absolute atomic E-state index is 5.75. The molecule has 1 aromatic heterocycles. The molecule has 0 aliphatic heterocycles. The number of hydrogen-bond donors (Lipinski definition) is 2. The zero-order chi connectivity index (χ0) is 16.4. The van der Waals surface area contributed by atoms with Gasteiger partial charge in [0.25, 0.3) is 0 Å². The number of rotatable bonds is 9. The van der Waals surface area contributed by atoms with E-state index in [0.717, 1.165) is 38.6 Å². The minimum Gasteiger partial charge on any atom is -0.378 e. The Kier molecular flexibility index (Phi) is 8.58. The van der Waals surface area contributed by atoms with Gasteiger partial charge in [-0.3, -0.25) is 9.67 Å². The van der Waals surface area contributed by atoms with E-state index in [9.17, 15) is 0 Å². The van der Waals surface area contributed by atoms with Crippen LogP contribution in [0.3, 0.4) is 0 Å². The maximum atomic E-state index is 5.75. The summed E-state index contributed by atoms with van der Waals surface area (Å²) >= 11 is 0. The van der Waals surface area contributed by atoms with Gasteiger partial charge in [-0.1, -0.05) is 13.8 Å². The number of aryl methyl sites for hydroxylation is 1. The molecule has 2 N–H and O–H groups in total. The lowest BCUT2D eigenvalue weighted by molar-refractivity contribution is 0.0258. The van der Waals surface area contributed by atoms with Gasteiger partial charge < -0.3 is 15.4 Å². The Balaban J connectivity index is 2.24. The molecule has 1 atom stereocenters. The van der Waals surface area contributed by atoms with Gasteiger partial charge in [0.05, 0.1) is 18.8 Å². The second-order valence-corrected chi connectivity index (χ2v) is 5.73. The minimum absolute atomic E-state index is 0.294. The number of hydrogen-bond acceptors (Lipinski definition) is 3. The van der Waals surface area contributed by atoms with E-state index in [1.807, 2.05) is 30.9 Å². The number of aromatic nitrogens is 2. The molecule has 126 valence electrons. The Hall–Kier alpha value is -1.56. The van der Waals surface area contributed by atoms with Crippen molar-refractivity contribution in [3.8, 4) is 0 Å². The molecule has 0 aliphatic carbocycles. The first-order valence-electron chi connectivity index (χ1n) is 8.12. The Morgan fingerprint density at radius 3 is 2.64 bits per heavy atom. The van der Waals surface area contributed by atoms with E-state index in [-0.39, 0.29) is 0 Å². The summed E-state index contributed by atoms with van der Waals surface area (Å²) in [5, 5.41) is 10.9. The summed E-state index contributed by atoms with van der Waals surface area (Å²) in [5.74, 6) is 1.35. The van der Waals surface area contributed by atoms with Crippen LogP contribution in [-0.2, 0) is 11.3 Å². The van der Waals surface area contributed by atoms with Crippen LogP contribution in [0.5, 0.6) is 0 Å². The molecule has 0 spiro atoms. The van der Waals surface area contributed by atoms with Gasteiger partial charge in [-0.2, -0.15) is 5.10 Å². The molecule has 1 aromatic rings. The predicted octanol–water partition coefficient (Wildman–Crippen LogP) is 1.81. The molecule has 0 saturated carbocycles. The van der Waals surface area contributed by atoms with Gasteiger partial charge in [0.1, 0.15) is 0 Å². The number of nitrogens with one attached hydrogen (secondary N) is 2. The van der Waals surface area contributed by atoms with Crippen LogP contribution in [0, 0.1) is 12.8 Å². The monoisotopic (exact) mass is 309 g/mol. The van der Waals surface area contributed by atoms with E-state index < -0.39 is 0 Å². The van der Waals surface area contributed by atoms with Crippen molar-refractivity contribution >= 4 is 5.96 Å². The summed E-state index contributed by atoms with van der Waals surface area (Å²) < 4.78 is 7.68. The normalized spacial score (nSPS) is 13.5. The summed E-state index contributed by atoms with van der Waals surface area (Å²) in [5.41, 5.74) is 1.18. The van der Waals surface area contributed by atoms with Gasteiger partial charge >= 0.3 is 0 Å². The number of guanidine groups is 1. The van der Waals surface area contributed by atoms with E-state index >= 15 is 0 Å². The summed E-state index contributed by atoms with van der Waals surface area (Å²) in [6, 6.07) is 0. The first-order chi connectivity index (χ1) is 10.6. The van der Waals surface area contributed by atoms with Crippen molar-refractivity contribution in [1.29, 1.82) is 0 Å². The molecular weight excluding hydrogens is 278 g/mol. The highest BCUT2D eigenvalue weighted by atomic mass is 16.5. The Bertz CT molecular complexity index is 441. The Morgan fingerprint density at radius 1 is 1.36 bits per heavy atom. The van der Waals surface area contributed by atoms with Crippen LogP contribution in [-0.4, -0.2) is 48.6 Å². The average molecular weight is 309 g/mol. The molecular formula is C16H31N5O. The SMILES string of the molecule is CCOC(CCNC(=NC)NCCn1cc(C)cn1)C(C)C. The highest BCUT2D eigenvalue weighted by molar-refractivity contribution is 5.79. The second kappa shape index (κ2) is 10.2. The van der Waals surface area contributed by atoms with Gasteiger partial charge in [0.2, 0.25) is 0 Å². The van der Waals surface area contributed by atoms with Crippen LogP contribution in [0.25, 0.3) is 0 Å². The summed E-state index contributed by atoms with van der Waals surface area (Å²) in [6.45, 7) is 11.7. The van der Waals surface area contributed by atoms with Crippen molar-refractivity contribution in [3.63, 3.8) is 0 Å². The number of ether oxygens (including phenoxy) is 1. The Morgan fingerprint density at radius 2 is 2.09 bits per heavy atom. The van der Waals surface area contributed by atoms with Crippen LogP contribution < -0.4 is 10.6 Å². The lowest BCUT2D eigenvalue weighted by Crippen LogP contribution is -2.40. The first-order valence-corrected chi connectivity index (χ1v) is 8.12. The van der Waals surface area contributed by atoms with E-state index in [1.165, 1.54) is 5.56 Å². The first kappa shape index (κ1) is 18.5. The number of aliphatic imine (C=N–C) groups is 1. The fourth-order valence-electron chi connectivity index (χ4n) is 2.25. The third-order valence-corrected chi connectivity index (χ3v) is 3.46. The predicted molar refractivity (Wildman–Crippen MR) is 91.2 cm³/mol. The van der Waals surface area contributed by atoms with Crippen molar-refractivity contribution in [1.82, 2.24) is 20.4 Å². The molecule has 0 aliphatic rings. The van der Waals surface area contributed by atoms with Gasteiger partial charge in [-0.15, -0.1) is 0 Å². The third-order valence-electron chi connectivity index (χ3n) is 3.46. The van der Waals surface area contributed by atoms with E-state index in [1.54, 1.807) is 7.05 Å². The fraction of sp³-hybridized carbons (Fsp3) is 0.750. The largest absolute Gasteiger partial charge is 0.378 e. The molecule has 1 unspecified atom stereocenters. The van der Waals surface area contributed by atoms with Gasteiger partial charge in [-0.05, 0) is 31.7 Å². The third kappa shape index (κ3) is 6.93. The standard InChI is InChI=1S/C16H31N5O/c1-6-22-15(13(2)3)7-8-18-16(17-5)19-9-10-21-12-14(4)11-20-21/h11-13,15H,6-10H2,1-5H3,(H2,17,18,19). The van der Waals surface area contributed by atoms with Crippen LogP contribution in [0.4, 0.5) is 0 Å². The molecule has 0 saturated heterocycles. The smallest absolute Gasteiger partial charge is 0.191 e. The van der Waals surface area contributed by atoms with Crippen LogP contribution >= 0.6 is 0 Å². The molecule has 0 bridgehead atoms. The van der Waals surface area contributed by atoms with Gasteiger partial charge in [0.15, 0.2) is 5.96 Å². The quantitative estimate of drug-likeness (QED) is 0.539. The molecule has 22 heavy (non-hydrogen) atoms. The van der Waals surface area contributed by atoms with E-state index in [0.29, 0.717) is 12.0 Å². The van der Waals surface area contributed by atoms with Crippen molar-refractivity contribution in [2.24, 2.45) is 10.9 Å². The molecule has 0 radical (unpaired) electrons. The highest BCUT2D eigenvalue weighted by Crippen LogP contribution is 2.09. The summed E-state index contributed by atoms with van der Waals surface area (Å²) in [7, 11) is 1.79. The van der Waals surface area contributed by atoms with Crippen molar-refractivity contribution < 1.29 is 4.74 Å². The summed E-state index contributed by atoms with van der Waals surface area (Å²) in [4.78, 5) is 4.24. The molecule has 0 fully saturated rings. The molecule has 6 nitrogen and oxygen atoms in total. The second-order valence-electron chi connectivity index (χ2n) is 5.73. The average Bonchev–Trinajstić information content (AvgIpc) is 2.90. The van der Waals surface area contributed by atoms with E-state index in [4.69, 9.17) is 4.74 Å². The summed E-state index contributed by atoms with van der Waals surface area (Å²) in [6.07, 6.45) is 5.17. The minimum atomic E-state index is 0.294. The zero-order valence-corrected chi connectivity index (χ0v) is 14.6. The van der Waals surface area contributed by atoms with Gasteiger partial charge in [-0.25, -0.2) is 0 Å². The van der Waals surface area contributed by atoms with Crippen molar-refractivity contribution in [3.05, 3.63) is 18.0 Å². The van der Waals surface area contributed by atoms with Crippen LogP contribution in [0.2, 0.25) is 0 Å². The molecule has 0 amide bonds.